The van der Waals surface area contributed by atoms with Gasteiger partial charge in [-0.25, -0.2) is 0 Å². The third-order valence-electron chi connectivity index (χ3n) is 8.21. The Morgan fingerprint density at radius 2 is 1.82 bits per heavy atom. The van der Waals surface area contributed by atoms with E-state index < -0.39 is 11.6 Å². The van der Waals surface area contributed by atoms with Gasteiger partial charge >= 0.3 is 5.97 Å². The molecule has 7 nitrogen and oxygen atoms in total. The van der Waals surface area contributed by atoms with Gasteiger partial charge in [-0.1, -0.05) is 32.6 Å². The van der Waals surface area contributed by atoms with Crippen LogP contribution in [0.25, 0.3) is 0 Å². The molecule has 7 atom stereocenters. The number of carboxylic acid groups (broad SMARTS) is 1. The number of carbonyl (C=O) groups is 1. The Balaban J connectivity index is 1.78. The standard InChI is InChI=1S/C26H50N2O5/c1-3-27-18-26(33,17-25(31)32)14-6-4-5-8-20-10-11-22(16-21(20)9-7-15-29)23-12-13-24(30)19(2)28-23/h19-24,27-30,33H,3-18H2,1-2H3,(H,31,32)/t19-,20+,21+,22+,23-,24+,26+/m0/s1. The smallest absolute Gasteiger partial charge is 0.306 e. The van der Waals surface area contributed by atoms with E-state index in [4.69, 9.17) is 5.11 Å². The van der Waals surface area contributed by atoms with Crippen molar-refractivity contribution in [1.82, 2.24) is 10.6 Å². The minimum Gasteiger partial charge on any atom is -0.481 e. The van der Waals surface area contributed by atoms with Gasteiger partial charge in [-0.15, -0.1) is 0 Å². The number of likely N-dealkylation sites (N-methyl/N-ethyl adjacent to an activating group) is 1. The molecule has 1 saturated carbocycles. The van der Waals surface area contributed by atoms with Crippen LogP contribution in [0.1, 0.15) is 97.3 Å². The highest BCUT2D eigenvalue weighted by molar-refractivity contribution is 5.68. The zero-order valence-electron chi connectivity index (χ0n) is 21.0. The topological polar surface area (TPSA) is 122 Å². The molecule has 2 fully saturated rings. The number of rotatable bonds is 15. The van der Waals surface area contributed by atoms with Crippen LogP contribution in [0.3, 0.4) is 0 Å². The maximum absolute atomic E-state index is 11.1. The summed E-state index contributed by atoms with van der Waals surface area (Å²) < 4.78 is 0. The molecule has 0 aromatic rings. The van der Waals surface area contributed by atoms with Crippen molar-refractivity contribution in [3.05, 3.63) is 0 Å². The monoisotopic (exact) mass is 470 g/mol. The van der Waals surface area contributed by atoms with E-state index in [1.807, 2.05) is 6.92 Å². The summed E-state index contributed by atoms with van der Waals surface area (Å²) in [6.45, 7) is 5.34. The third kappa shape index (κ3) is 9.81. The van der Waals surface area contributed by atoms with Crippen LogP contribution in [-0.4, -0.2) is 69.9 Å². The van der Waals surface area contributed by atoms with Crippen molar-refractivity contribution >= 4 is 5.97 Å². The molecule has 2 aliphatic rings. The SMILES string of the molecule is CCNC[C@@](O)(CCCCC[C@@H]1CC[C@@H]([C@@H]2CC[C@@H](O)[C@H](C)N2)C[C@H]1CCCO)CC(=O)O. The molecular formula is C26H50N2O5. The molecule has 0 aromatic heterocycles. The molecular weight excluding hydrogens is 420 g/mol. The first-order valence-corrected chi connectivity index (χ1v) is 13.5. The highest BCUT2D eigenvalue weighted by Gasteiger charge is 2.36. The van der Waals surface area contributed by atoms with Gasteiger partial charge < -0.3 is 31.1 Å². The molecule has 1 heterocycles. The van der Waals surface area contributed by atoms with E-state index >= 15 is 0 Å². The van der Waals surface area contributed by atoms with E-state index in [-0.39, 0.29) is 25.2 Å². The lowest BCUT2D eigenvalue weighted by atomic mass is 9.67. The van der Waals surface area contributed by atoms with Crippen LogP contribution in [-0.2, 0) is 4.79 Å². The maximum Gasteiger partial charge on any atom is 0.306 e. The fraction of sp³-hybridized carbons (Fsp3) is 0.962. The van der Waals surface area contributed by atoms with Gasteiger partial charge in [0.1, 0.15) is 0 Å². The predicted octanol–water partition coefficient (Wildman–Crippen LogP) is 3.06. The van der Waals surface area contributed by atoms with E-state index in [9.17, 15) is 20.1 Å². The Labute approximate surface area is 200 Å². The van der Waals surface area contributed by atoms with Gasteiger partial charge in [0.25, 0.3) is 0 Å². The number of aliphatic hydroxyl groups is 3. The van der Waals surface area contributed by atoms with Gasteiger partial charge in [0.15, 0.2) is 0 Å². The summed E-state index contributed by atoms with van der Waals surface area (Å²) in [5.74, 6) is 1.06. The number of unbranched alkanes of at least 4 members (excludes halogenated alkanes) is 2. The first-order chi connectivity index (χ1) is 15.8. The van der Waals surface area contributed by atoms with Crippen molar-refractivity contribution in [2.45, 2.75) is 121 Å². The van der Waals surface area contributed by atoms with Crippen molar-refractivity contribution < 1.29 is 25.2 Å². The third-order valence-corrected chi connectivity index (χ3v) is 8.21. The molecule has 0 spiro atoms. The molecule has 6 N–H and O–H groups in total. The van der Waals surface area contributed by atoms with E-state index in [1.165, 1.54) is 25.7 Å². The van der Waals surface area contributed by atoms with Crippen molar-refractivity contribution in [2.75, 3.05) is 19.7 Å². The zero-order chi connectivity index (χ0) is 24.3. The van der Waals surface area contributed by atoms with Gasteiger partial charge in [0.05, 0.1) is 18.1 Å². The van der Waals surface area contributed by atoms with Gasteiger partial charge in [0.2, 0.25) is 0 Å². The summed E-state index contributed by atoms with van der Waals surface area (Å²) in [4.78, 5) is 11.1. The van der Waals surface area contributed by atoms with Crippen LogP contribution >= 0.6 is 0 Å². The Hall–Kier alpha value is -0.730. The summed E-state index contributed by atoms with van der Waals surface area (Å²) >= 11 is 0. The number of nitrogens with one attached hydrogen (secondary N) is 2. The highest BCUT2D eigenvalue weighted by Crippen LogP contribution is 2.42. The van der Waals surface area contributed by atoms with Crippen LogP contribution in [0.15, 0.2) is 0 Å². The maximum atomic E-state index is 11.1. The molecule has 1 aliphatic heterocycles. The lowest BCUT2D eigenvalue weighted by Crippen LogP contribution is -2.52. The van der Waals surface area contributed by atoms with Crippen molar-refractivity contribution in [3.8, 4) is 0 Å². The number of carboxylic acids is 1. The van der Waals surface area contributed by atoms with Gasteiger partial charge in [-0.2, -0.15) is 0 Å². The van der Waals surface area contributed by atoms with Gasteiger partial charge in [0, 0.05) is 25.2 Å². The molecule has 0 aromatic carbocycles. The van der Waals surface area contributed by atoms with Crippen LogP contribution in [0.2, 0.25) is 0 Å². The average Bonchev–Trinajstić information content (AvgIpc) is 2.78. The second kappa shape index (κ2) is 14.6. The first kappa shape index (κ1) is 28.5. The van der Waals surface area contributed by atoms with Gasteiger partial charge in [-0.3, -0.25) is 4.79 Å². The first-order valence-electron chi connectivity index (χ1n) is 13.5. The number of hydrogen-bond donors (Lipinski definition) is 6. The number of piperidine rings is 1. The number of aliphatic carboxylic acids is 1. The molecule has 0 unspecified atom stereocenters. The Morgan fingerprint density at radius 3 is 2.48 bits per heavy atom. The Bertz CT molecular complexity index is 563. The summed E-state index contributed by atoms with van der Waals surface area (Å²) in [6, 6.07) is 0.675. The minimum atomic E-state index is -1.17. The second-order valence-electron chi connectivity index (χ2n) is 10.8. The highest BCUT2D eigenvalue weighted by atomic mass is 16.4. The lowest BCUT2D eigenvalue weighted by molar-refractivity contribution is -0.142. The average molecular weight is 471 g/mol. The summed E-state index contributed by atoms with van der Waals surface area (Å²) in [5, 5.41) is 46.0. The fourth-order valence-corrected chi connectivity index (χ4v) is 6.24. The number of aliphatic hydroxyl groups excluding tert-OH is 2. The molecule has 2 rings (SSSR count). The van der Waals surface area contributed by atoms with E-state index in [1.54, 1.807) is 0 Å². The molecule has 0 radical (unpaired) electrons. The molecule has 0 bridgehead atoms. The predicted molar refractivity (Wildman–Crippen MR) is 131 cm³/mol. The fourth-order valence-electron chi connectivity index (χ4n) is 6.24. The second-order valence-corrected chi connectivity index (χ2v) is 10.8. The van der Waals surface area contributed by atoms with Crippen LogP contribution in [0.4, 0.5) is 0 Å². The Morgan fingerprint density at radius 1 is 1.06 bits per heavy atom. The molecule has 33 heavy (non-hydrogen) atoms. The summed E-state index contributed by atoms with van der Waals surface area (Å²) in [7, 11) is 0. The van der Waals surface area contributed by atoms with E-state index in [2.05, 4.69) is 17.6 Å². The molecule has 194 valence electrons. The Kier molecular flexibility index (Phi) is 12.6. The minimum absolute atomic E-state index is 0.171. The number of hydrogen-bond acceptors (Lipinski definition) is 6. The van der Waals surface area contributed by atoms with Crippen LogP contribution < -0.4 is 10.6 Å². The van der Waals surface area contributed by atoms with Crippen molar-refractivity contribution in [1.29, 1.82) is 0 Å². The molecule has 7 heteroatoms. The normalized spacial score (nSPS) is 32.4. The lowest BCUT2D eigenvalue weighted by Gasteiger charge is -2.43. The van der Waals surface area contributed by atoms with E-state index in [0.717, 1.165) is 51.5 Å². The van der Waals surface area contributed by atoms with Crippen molar-refractivity contribution in [3.63, 3.8) is 0 Å². The molecule has 1 aliphatic carbocycles. The molecule has 0 amide bonds. The zero-order valence-corrected chi connectivity index (χ0v) is 21.0. The summed E-state index contributed by atoms with van der Waals surface area (Å²) in [6.07, 6.45) is 11.8. The van der Waals surface area contributed by atoms with Crippen LogP contribution in [0.5, 0.6) is 0 Å². The largest absolute Gasteiger partial charge is 0.481 e. The van der Waals surface area contributed by atoms with E-state index in [0.29, 0.717) is 36.8 Å². The quantitative estimate of drug-likeness (QED) is 0.203. The molecule has 1 saturated heterocycles. The van der Waals surface area contributed by atoms with Crippen molar-refractivity contribution in [2.24, 2.45) is 17.8 Å². The van der Waals surface area contributed by atoms with Crippen LogP contribution in [0, 0.1) is 17.8 Å². The van der Waals surface area contributed by atoms with Gasteiger partial charge in [-0.05, 0) is 82.6 Å². The summed E-state index contributed by atoms with van der Waals surface area (Å²) in [5.41, 5.74) is -1.17.